The predicted octanol–water partition coefficient (Wildman–Crippen LogP) is 4.46. The first-order valence-electron chi connectivity index (χ1n) is 13.0. The number of aromatic nitrogens is 2. The highest BCUT2D eigenvalue weighted by Gasteiger charge is 2.27. The molecule has 212 valence electrons. The molecule has 0 unspecified atom stereocenters. The van der Waals surface area contributed by atoms with Crippen LogP contribution in [0.4, 0.5) is 0 Å². The molecule has 0 radical (unpaired) electrons. The molecular formula is C28H32N4O4S4. The molecule has 0 bridgehead atoms. The number of aryl methyl sites for hydroxylation is 2. The number of nitrogens with two attached hydrogens (primary N) is 1. The lowest BCUT2D eigenvalue weighted by atomic mass is 10.0. The molecule has 2 aromatic carbocycles. The maximum atomic E-state index is 12.8. The van der Waals surface area contributed by atoms with Crippen molar-refractivity contribution in [1.82, 2.24) is 13.9 Å². The summed E-state index contributed by atoms with van der Waals surface area (Å²) < 4.78 is 53.6. The number of sulfonamides is 1. The summed E-state index contributed by atoms with van der Waals surface area (Å²) in [5.41, 5.74) is 11.2. The first kappa shape index (κ1) is 28.9. The van der Waals surface area contributed by atoms with Crippen molar-refractivity contribution in [2.24, 2.45) is 5.73 Å². The maximum Gasteiger partial charge on any atom is 0.211 e. The zero-order chi connectivity index (χ0) is 28.7. The van der Waals surface area contributed by atoms with Gasteiger partial charge in [0.25, 0.3) is 0 Å². The van der Waals surface area contributed by atoms with E-state index in [0.29, 0.717) is 43.0 Å². The summed E-state index contributed by atoms with van der Waals surface area (Å²) in [5, 5.41) is 3.69. The van der Waals surface area contributed by atoms with Gasteiger partial charge in [0.15, 0.2) is 9.84 Å². The van der Waals surface area contributed by atoms with Crippen molar-refractivity contribution in [3.63, 3.8) is 0 Å². The third-order valence-corrected chi connectivity index (χ3v) is 11.3. The second kappa shape index (κ2) is 11.3. The van der Waals surface area contributed by atoms with Crippen molar-refractivity contribution in [3.8, 4) is 11.1 Å². The van der Waals surface area contributed by atoms with Gasteiger partial charge < -0.3 is 10.3 Å². The molecule has 8 nitrogen and oxygen atoms in total. The van der Waals surface area contributed by atoms with Gasteiger partial charge in [0.2, 0.25) is 10.0 Å². The summed E-state index contributed by atoms with van der Waals surface area (Å²) in [7, 11) is -6.56. The van der Waals surface area contributed by atoms with Gasteiger partial charge in [-0.3, -0.25) is 0 Å². The Morgan fingerprint density at radius 3 is 2.52 bits per heavy atom. The molecule has 1 aliphatic rings. The lowest BCUT2D eigenvalue weighted by Crippen LogP contribution is -2.38. The molecular weight excluding hydrogens is 585 g/mol. The van der Waals surface area contributed by atoms with Gasteiger partial charge in [0.05, 0.1) is 28.5 Å². The standard InChI is InChI=1S/C28H32N4O4S4/c1-19-30-23(17-38-19)18-40(35,36)13-10-20-6-7-25-26(21-4-3-5-22(15-21)28(29)37)16-32(27(25)14-20)24-8-11-31(12-9-24)39(2,33)34/h3-7,14-17,24H,8-13,18H2,1-2H3,(H2,29,37). The maximum absolute atomic E-state index is 12.8. The normalized spacial score (nSPS) is 15.6. The van der Waals surface area contributed by atoms with E-state index in [1.165, 1.54) is 21.9 Å². The number of sulfone groups is 1. The van der Waals surface area contributed by atoms with Gasteiger partial charge in [-0.2, -0.15) is 0 Å². The van der Waals surface area contributed by atoms with Crippen molar-refractivity contribution >= 4 is 59.3 Å². The highest BCUT2D eigenvalue weighted by Crippen LogP contribution is 2.36. The molecule has 0 aliphatic carbocycles. The van der Waals surface area contributed by atoms with Crippen molar-refractivity contribution in [2.45, 2.75) is 38.0 Å². The fraction of sp³-hybridized carbons (Fsp3) is 0.357. The first-order valence-corrected chi connectivity index (χ1v) is 18.0. The summed E-state index contributed by atoms with van der Waals surface area (Å²) in [5.74, 6) is -0.0241. The van der Waals surface area contributed by atoms with E-state index in [-0.39, 0.29) is 17.5 Å². The van der Waals surface area contributed by atoms with E-state index in [9.17, 15) is 16.8 Å². The third kappa shape index (κ3) is 6.46. The number of fused-ring (bicyclic) bond motifs is 1. The van der Waals surface area contributed by atoms with Gasteiger partial charge in [0, 0.05) is 52.7 Å². The van der Waals surface area contributed by atoms with E-state index in [0.717, 1.165) is 38.2 Å². The van der Waals surface area contributed by atoms with Crippen LogP contribution in [0.25, 0.3) is 22.0 Å². The van der Waals surface area contributed by atoms with Crippen LogP contribution < -0.4 is 5.73 Å². The Hall–Kier alpha value is -2.64. The lowest BCUT2D eigenvalue weighted by molar-refractivity contribution is 0.279. The molecule has 2 aromatic heterocycles. The van der Waals surface area contributed by atoms with Crippen molar-refractivity contribution in [1.29, 1.82) is 0 Å². The molecule has 0 saturated carbocycles. The van der Waals surface area contributed by atoms with Gasteiger partial charge in [-0.05, 0) is 49.4 Å². The fourth-order valence-electron chi connectivity index (χ4n) is 5.32. The van der Waals surface area contributed by atoms with E-state index in [4.69, 9.17) is 18.0 Å². The Kier molecular flexibility index (Phi) is 8.17. The van der Waals surface area contributed by atoms with Crippen molar-refractivity contribution in [2.75, 3.05) is 25.1 Å². The number of hydrogen-bond acceptors (Lipinski definition) is 7. The molecule has 1 saturated heterocycles. The van der Waals surface area contributed by atoms with Gasteiger partial charge in [-0.1, -0.05) is 42.5 Å². The number of benzene rings is 2. The molecule has 1 fully saturated rings. The Bertz CT molecular complexity index is 1780. The quantitative estimate of drug-likeness (QED) is 0.276. The molecule has 0 atom stereocenters. The summed E-state index contributed by atoms with van der Waals surface area (Å²) in [6.45, 7) is 2.79. The molecule has 5 rings (SSSR count). The second-order valence-electron chi connectivity index (χ2n) is 10.3. The Morgan fingerprint density at radius 1 is 1.12 bits per heavy atom. The fourth-order valence-corrected chi connectivity index (χ4v) is 8.33. The first-order chi connectivity index (χ1) is 18.9. The summed E-state index contributed by atoms with van der Waals surface area (Å²) in [6.07, 6.45) is 5.14. The number of thiocarbonyl (C=S) groups is 1. The summed E-state index contributed by atoms with van der Waals surface area (Å²) in [4.78, 5) is 4.63. The van der Waals surface area contributed by atoms with Crippen LogP contribution in [0.3, 0.4) is 0 Å². The predicted molar refractivity (Wildman–Crippen MR) is 166 cm³/mol. The van der Waals surface area contributed by atoms with E-state index >= 15 is 0 Å². The van der Waals surface area contributed by atoms with Crippen LogP contribution in [0.2, 0.25) is 0 Å². The summed E-state index contributed by atoms with van der Waals surface area (Å²) in [6, 6.07) is 14.0. The molecule has 4 aromatic rings. The average Bonchev–Trinajstić information content (AvgIpc) is 3.49. The minimum Gasteiger partial charge on any atom is -0.389 e. The number of rotatable bonds is 9. The van der Waals surface area contributed by atoms with Crippen molar-refractivity contribution in [3.05, 3.63) is 75.9 Å². The molecule has 0 amide bonds. The Balaban J connectivity index is 1.48. The van der Waals surface area contributed by atoms with Gasteiger partial charge in [-0.25, -0.2) is 26.1 Å². The van der Waals surface area contributed by atoms with Crippen LogP contribution in [0.1, 0.15) is 40.7 Å². The highest BCUT2D eigenvalue weighted by molar-refractivity contribution is 7.90. The zero-order valence-electron chi connectivity index (χ0n) is 22.4. The minimum absolute atomic E-state index is 0.0331. The van der Waals surface area contributed by atoms with Crippen LogP contribution in [-0.4, -0.2) is 60.8 Å². The van der Waals surface area contributed by atoms with Crippen LogP contribution in [0, 0.1) is 6.92 Å². The van der Waals surface area contributed by atoms with E-state index in [1.807, 2.05) is 43.3 Å². The van der Waals surface area contributed by atoms with Gasteiger partial charge in [-0.15, -0.1) is 11.3 Å². The molecule has 40 heavy (non-hydrogen) atoms. The third-order valence-electron chi connectivity index (χ3n) is 7.38. The average molecular weight is 617 g/mol. The lowest BCUT2D eigenvalue weighted by Gasteiger charge is -2.31. The topological polar surface area (TPSA) is 115 Å². The van der Waals surface area contributed by atoms with Crippen molar-refractivity contribution < 1.29 is 16.8 Å². The molecule has 1 aliphatic heterocycles. The number of thiazole rings is 1. The van der Waals surface area contributed by atoms with Crippen LogP contribution in [0.15, 0.2) is 54.0 Å². The summed E-state index contributed by atoms with van der Waals surface area (Å²) >= 11 is 6.65. The molecule has 0 spiro atoms. The van der Waals surface area contributed by atoms with E-state index in [2.05, 4.69) is 21.8 Å². The second-order valence-corrected chi connectivity index (χ2v) is 16.0. The van der Waals surface area contributed by atoms with Crippen LogP contribution in [0.5, 0.6) is 0 Å². The Labute approximate surface area is 244 Å². The van der Waals surface area contributed by atoms with Crippen LogP contribution in [-0.2, 0) is 32.0 Å². The van der Waals surface area contributed by atoms with E-state index in [1.54, 1.807) is 5.38 Å². The van der Waals surface area contributed by atoms with Gasteiger partial charge in [0.1, 0.15) is 4.99 Å². The highest BCUT2D eigenvalue weighted by atomic mass is 32.2. The largest absolute Gasteiger partial charge is 0.389 e. The smallest absolute Gasteiger partial charge is 0.211 e. The molecule has 2 N–H and O–H groups in total. The van der Waals surface area contributed by atoms with E-state index < -0.39 is 19.9 Å². The number of piperidine rings is 1. The minimum atomic E-state index is -3.32. The molecule has 3 heterocycles. The number of hydrogen-bond donors (Lipinski definition) is 1. The monoisotopic (exact) mass is 616 g/mol. The van der Waals surface area contributed by atoms with Gasteiger partial charge >= 0.3 is 0 Å². The van der Waals surface area contributed by atoms with Crippen LogP contribution >= 0.6 is 23.6 Å². The number of nitrogens with zero attached hydrogens (tertiary/aromatic N) is 3. The molecule has 12 heteroatoms. The zero-order valence-corrected chi connectivity index (χ0v) is 25.7. The Morgan fingerprint density at radius 2 is 1.88 bits per heavy atom. The SMILES string of the molecule is Cc1nc(CS(=O)(=O)CCc2ccc3c(-c4cccc(C(N)=S)c4)cn(C4CCN(S(C)(=O)=O)CC4)c3c2)cs1.